The highest BCUT2D eigenvalue weighted by molar-refractivity contribution is 5.69. The summed E-state index contributed by atoms with van der Waals surface area (Å²) in [5.74, 6) is -0.259. The molecule has 1 saturated heterocycles. The zero-order valence-corrected chi connectivity index (χ0v) is 13.1. The molecule has 2 atom stereocenters. The number of rotatable bonds is 5. The van der Waals surface area contributed by atoms with E-state index in [0.717, 1.165) is 19.0 Å². The highest BCUT2D eigenvalue weighted by Gasteiger charge is 2.40. The van der Waals surface area contributed by atoms with E-state index in [4.69, 9.17) is 9.84 Å². The maximum Gasteiger partial charge on any atom is 0.306 e. The Morgan fingerprint density at radius 1 is 1.35 bits per heavy atom. The van der Waals surface area contributed by atoms with Crippen molar-refractivity contribution in [1.82, 2.24) is 4.90 Å². The second-order valence-electron chi connectivity index (χ2n) is 7.07. The van der Waals surface area contributed by atoms with Gasteiger partial charge in [-0.25, -0.2) is 0 Å². The largest absolute Gasteiger partial charge is 0.481 e. The molecule has 0 amide bonds. The van der Waals surface area contributed by atoms with Crippen LogP contribution in [-0.4, -0.2) is 40.9 Å². The second kappa shape index (κ2) is 6.44. The molecule has 1 aliphatic carbocycles. The first-order valence-corrected chi connectivity index (χ1v) is 8.04. The highest BCUT2D eigenvalue weighted by Crippen LogP contribution is 2.33. The fraction of sp³-hybridized carbons (Fsp3) is 0.938. The number of ether oxygens (including phenoxy) is 1. The molecule has 0 aromatic heterocycles. The van der Waals surface area contributed by atoms with E-state index in [1.54, 1.807) is 6.92 Å². The van der Waals surface area contributed by atoms with Gasteiger partial charge in [0, 0.05) is 13.1 Å². The van der Waals surface area contributed by atoms with Gasteiger partial charge in [-0.3, -0.25) is 9.69 Å². The highest BCUT2D eigenvalue weighted by atomic mass is 16.5. The van der Waals surface area contributed by atoms with E-state index in [2.05, 4.69) is 18.7 Å². The van der Waals surface area contributed by atoms with Crippen molar-refractivity contribution in [2.45, 2.75) is 71.1 Å². The van der Waals surface area contributed by atoms with E-state index >= 15 is 0 Å². The third-order valence-corrected chi connectivity index (χ3v) is 4.88. The molecule has 2 rings (SSSR count). The van der Waals surface area contributed by atoms with Crippen molar-refractivity contribution in [3.05, 3.63) is 0 Å². The second-order valence-corrected chi connectivity index (χ2v) is 7.07. The summed E-state index contributed by atoms with van der Waals surface area (Å²) in [6.07, 6.45) is 7.44. The van der Waals surface area contributed by atoms with Gasteiger partial charge in [0.1, 0.15) is 5.72 Å². The molecule has 1 N–H and O–H groups in total. The molecule has 4 heteroatoms. The standard InChI is InChI=1S/C16H29NO3/c1-12(15(18)19)9-14-11-17(16(2,3)20-14)10-13-7-5-4-6-8-13/h12-14H,4-11H2,1-3H3,(H,18,19)/t12-,14-/m0/s1. The third-order valence-electron chi connectivity index (χ3n) is 4.88. The van der Waals surface area contributed by atoms with Crippen molar-refractivity contribution in [1.29, 1.82) is 0 Å². The SMILES string of the molecule is C[C@@H](C[C@H]1CN(CC2CCCCC2)C(C)(C)O1)C(=O)O. The van der Waals surface area contributed by atoms with E-state index < -0.39 is 5.97 Å². The number of carbonyl (C=O) groups is 1. The lowest BCUT2D eigenvalue weighted by Gasteiger charge is -2.34. The van der Waals surface area contributed by atoms with Crippen LogP contribution in [0.25, 0.3) is 0 Å². The molecule has 2 aliphatic rings. The van der Waals surface area contributed by atoms with Crippen molar-refractivity contribution in [3.63, 3.8) is 0 Å². The van der Waals surface area contributed by atoms with Crippen LogP contribution in [0, 0.1) is 11.8 Å². The number of hydrogen-bond donors (Lipinski definition) is 1. The quantitative estimate of drug-likeness (QED) is 0.842. The zero-order chi connectivity index (χ0) is 14.8. The topological polar surface area (TPSA) is 49.8 Å². The Labute approximate surface area is 122 Å². The molecule has 116 valence electrons. The lowest BCUT2D eigenvalue weighted by molar-refractivity contribution is -0.143. The Morgan fingerprint density at radius 3 is 2.60 bits per heavy atom. The maximum absolute atomic E-state index is 11.0. The van der Waals surface area contributed by atoms with Gasteiger partial charge in [-0.15, -0.1) is 0 Å². The van der Waals surface area contributed by atoms with Gasteiger partial charge in [-0.1, -0.05) is 26.2 Å². The van der Waals surface area contributed by atoms with E-state index in [1.807, 2.05) is 0 Å². The first kappa shape index (κ1) is 15.8. The van der Waals surface area contributed by atoms with Crippen LogP contribution in [0.15, 0.2) is 0 Å². The molecule has 1 heterocycles. The Kier molecular flexibility index (Phi) is 5.08. The summed E-state index contributed by atoms with van der Waals surface area (Å²) in [6.45, 7) is 7.97. The predicted octanol–water partition coefficient (Wildman–Crippen LogP) is 3.11. The lowest BCUT2D eigenvalue weighted by atomic mass is 9.88. The first-order valence-electron chi connectivity index (χ1n) is 8.04. The average Bonchev–Trinajstić information content (AvgIpc) is 2.65. The molecule has 1 saturated carbocycles. The molecule has 0 radical (unpaired) electrons. The van der Waals surface area contributed by atoms with Gasteiger partial charge in [0.15, 0.2) is 0 Å². The summed E-state index contributed by atoms with van der Waals surface area (Å²) in [7, 11) is 0. The van der Waals surface area contributed by atoms with Crippen LogP contribution in [0.2, 0.25) is 0 Å². The minimum absolute atomic E-state index is 0.0553. The van der Waals surface area contributed by atoms with Crippen LogP contribution in [-0.2, 0) is 9.53 Å². The van der Waals surface area contributed by atoms with Gasteiger partial charge in [0.05, 0.1) is 12.0 Å². The monoisotopic (exact) mass is 283 g/mol. The summed E-state index contributed by atoms with van der Waals surface area (Å²) in [6, 6.07) is 0. The normalized spacial score (nSPS) is 29.4. The van der Waals surface area contributed by atoms with Gasteiger partial charge < -0.3 is 9.84 Å². The smallest absolute Gasteiger partial charge is 0.306 e. The number of hydrogen-bond acceptors (Lipinski definition) is 3. The molecular weight excluding hydrogens is 254 g/mol. The van der Waals surface area contributed by atoms with Crippen LogP contribution in [0.3, 0.4) is 0 Å². The van der Waals surface area contributed by atoms with Crippen molar-refractivity contribution in [3.8, 4) is 0 Å². The predicted molar refractivity (Wildman–Crippen MR) is 78.5 cm³/mol. The van der Waals surface area contributed by atoms with E-state index in [-0.39, 0.29) is 17.7 Å². The molecular formula is C16H29NO3. The fourth-order valence-electron chi connectivity index (χ4n) is 3.58. The summed E-state index contributed by atoms with van der Waals surface area (Å²) >= 11 is 0. The van der Waals surface area contributed by atoms with Crippen molar-refractivity contribution in [2.75, 3.05) is 13.1 Å². The van der Waals surface area contributed by atoms with Crippen LogP contribution < -0.4 is 0 Å². The molecule has 0 aromatic carbocycles. The Balaban J connectivity index is 1.87. The summed E-state index contributed by atoms with van der Waals surface area (Å²) in [5.41, 5.74) is -0.250. The van der Waals surface area contributed by atoms with Crippen LogP contribution in [0.5, 0.6) is 0 Å². The van der Waals surface area contributed by atoms with Crippen LogP contribution in [0.4, 0.5) is 0 Å². The van der Waals surface area contributed by atoms with Crippen molar-refractivity contribution >= 4 is 5.97 Å². The van der Waals surface area contributed by atoms with Gasteiger partial charge in [0.2, 0.25) is 0 Å². The molecule has 0 aromatic rings. The lowest BCUT2D eigenvalue weighted by Crippen LogP contribution is -2.42. The van der Waals surface area contributed by atoms with Crippen LogP contribution in [0.1, 0.15) is 59.3 Å². The molecule has 0 unspecified atom stereocenters. The summed E-state index contributed by atoms with van der Waals surface area (Å²) in [4.78, 5) is 13.4. The number of aliphatic carboxylic acids is 1. The van der Waals surface area contributed by atoms with Gasteiger partial charge >= 0.3 is 5.97 Å². The third kappa shape index (κ3) is 3.95. The first-order chi connectivity index (χ1) is 9.38. The Bertz CT molecular complexity index is 337. The summed E-state index contributed by atoms with van der Waals surface area (Å²) < 4.78 is 6.09. The van der Waals surface area contributed by atoms with Gasteiger partial charge in [0.25, 0.3) is 0 Å². The maximum atomic E-state index is 11.0. The fourth-order valence-corrected chi connectivity index (χ4v) is 3.58. The van der Waals surface area contributed by atoms with Crippen molar-refractivity contribution < 1.29 is 14.6 Å². The van der Waals surface area contributed by atoms with Crippen molar-refractivity contribution in [2.24, 2.45) is 11.8 Å². The number of nitrogens with zero attached hydrogens (tertiary/aromatic N) is 1. The average molecular weight is 283 g/mol. The number of carboxylic acids is 1. The molecule has 0 spiro atoms. The molecule has 1 aliphatic heterocycles. The minimum atomic E-state index is -0.725. The summed E-state index contributed by atoms with van der Waals surface area (Å²) in [5, 5.41) is 9.03. The van der Waals surface area contributed by atoms with E-state index in [9.17, 15) is 4.79 Å². The molecule has 20 heavy (non-hydrogen) atoms. The van der Waals surface area contributed by atoms with Gasteiger partial charge in [-0.05, 0) is 39.0 Å². The number of carboxylic acid groups (broad SMARTS) is 1. The van der Waals surface area contributed by atoms with Gasteiger partial charge in [-0.2, -0.15) is 0 Å². The molecule has 2 fully saturated rings. The zero-order valence-electron chi connectivity index (χ0n) is 13.1. The molecule has 4 nitrogen and oxygen atoms in total. The Hall–Kier alpha value is -0.610. The van der Waals surface area contributed by atoms with E-state index in [0.29, 0.717) is 6.42 Å². The minimum Gasteiger partial charge on any atom is -0.481 e. The van der Waals surface area contributed by atoms with Crippen LogP contribution >= 0.6 is 0 Å². The van der Waals surface area contributed by atoms with E-state index in [1.165, 1.54) is 32.1 Å². The Morgan fingerprint density at radius 2 is 2.00 bits per heavy atom. The molecule has 0 bridgehead atoms.